The predicted octanol–water partition coefficient (Wildman–Crippen LogP) is 9.62. The van der Waals surface area contributed by atoms with E-state index in [1.54, 1.807) is 54.6 Å². The highest BCUT2D eigenvalue weighted by atomic mass is 32.2. The van der Waals surface area contributed by atoms with E-state index < -0.39 is 41.5 Å². The fourth-order valence-corrected chi connectivity index (χ4v) is 8.10. The van der Waals surface area contributed by atoms with Crippen molar-refractivity contribution in [1.29, 1.82) is 0 Å². The maximum atomic E-state index is 12.5. The van der Waals surface area contributed by atoms with Gasteiger partial charge in [-0.25, -0.2) is 4.98 Å². The molecule has 0 aliphatic carbocycles. The lowest BCUT2D eigenvalue weighted by molar-refractivity contribution is 0.472. The summed E-state index contributed by atoms with van der Waals surface area (Å²) in [4.78, 5) is 3.64. The van der Waals surface area contributed by atoms with Crippen LogP contribution in [0.2, 0.25) is 0 Å². The molecule has 0 atom stereocenters. The van der Waals surface area contributed by atoms with Gasteiger partial charge in [0.25, 0.3) is 20.2 Å². The molecule has 51 heavy (non-hydrogen) atoms. The lowest BCUT2D eigenvalue weighted by Gasteiger charge is -2.09. The van der Waals surface area contributed by atoms with Crippen molar-refractivity contribution >= 4 is 86.1 Å². The Morgan fingerprint density at radius 3 is 2.06 bits per heavy atom. The summed E-state index contributed by atoms with van der Waals surface area (Å²) in [6.07, 6.45) is 0. The summed E-state index contributed by atoms with van der Waals surface area (Å²) in [6, 6.07) is 23.7. The van der Waals surface area contributed by atoms with Crippen LogP contribution in [0.25, 0.3) is 42.3 Å². The number of azo groups is 2. The van der Waals surface area contributed by atoms with Gasteiger partial charge in [-0.05, 0) is 61.9 Å². The molecule has 16 heteroatoms. The van der Waals surface area contributed by atoms with Gasteiger partial charge in [-0.3, -0.25) is 9.11 Å². The number of nitrogens with zero attached hydrogens (tertiary/aromatic N) is 5. The zero-order chi connectivity index (χ0) is 36.2. The summed E-state index contributed by atoms with van der Waals surface area (Å²) < 4.78 is 69.7. The van der Waals surface area contributed by atoms with Gasteiger partial charge < -0.3 is 10.2 Å². The number of phenolic OH excluding ortho intramolecular Hbond substituents is 2. The summed E-state index contributed by atoms with van der Waals surface area (Å²) in [6.45, 7) is 3.74. The second kappa shape index (κ2) is 12.6. The third kappa shape index (κ3) is 6.42. The van der Waals surface area contributed by atoms with Crippen LogP contribution in [0.15, 0.2) is 121 Å². The number of hydrogen-bond acceptors (Lipinski definition) is 12. The highest BCUT2D eigenvalue weighted by molar-refractivity contribution is 7.86. The van der Waals surface area contributed by atoms with Crippen LogP contribution in [0, 0.1) is 13.8 Å². The van der Waals surface area contributed by atoms with Gasteiger partial charge in [0.2, 0.25) is 0 Å². The van der Waals surface area contributed by atoms with Crippen LogP contribution in [-0.2, 0) is 20.2 Å². The zero-order valence-electron chi connectivity index (χ0n) is 26.5. The summed E-state index contributed by atoms with van der Waals surface area (Å²) in [7, 11) is -9.51. The first kappa shape index (κ1) is 33.8. The van der Waals surface area contributed by atoms with Crippen LogP contribution in [0.5, 0.6) is 11.5 Å². The highest BCUT2D eigenvalue weighted by Crippen LogP contribution is 2.46. The lowest BCUT2D eigenvalue weighted by atomic mass is 10.1. The Morgan fingerprint density at radius 1 is 0.627 bits per heavy atom. The smallest absolute Gasteiger partial charge is 0.296 e. The van der Waals surface area contributed by atoms with Crippen molar-refractivity contribution in [2.24, 2.45) is 20.5 Å². The molecule has 0 fully saturated rings. The molecule has 0 aliphatic heterocycles. The molecule has 0 bridgehead atoms. The fraction of sp³-hybridized carbons (Fsp3) is 0.0571. The topological polar surface area (TPSA) is 212 Å². The molecule has 0 amide bonds. The number of phenols is 2. The van der Waals surface area contributed by atoms with E-state index in [4.69, 9.17) is 4.98 Å². The number of aromatic hydroxyl groups is 2. The monoisotopic (exact) mass is 739 g/mol. The van der Waals surface area contributed by atoms with Crippen LogP contribution in [0.4, 0.5) is 22.7 Å². The Kier molecular flexibility index (Phi) is 8.35. The summed E-state index contributed by atoms with van der Waals surface area (Å²) >= 11 is 1.20. The molecular weight excluding hydrogens is 715 g/mol. The van der Waals surface area contributed by atoms with E-state index in [0.29, 0.717) is 37.5 Å². The third-order valence-corrected chi connectivity index (χ3v) is 11.0. The molecule has 6 aromatic carbocycles. The number of benzene rings is 6. The van der Waals surface area contributed by atoms with Crippen molar-refractivity contribution in [3.63, 3.8) is 0 Å². The van der Waals surface area contributed by atoms with Gasteiger partial charge in [0.15, 0.2) is 11.5 Å². The van der Waals surface area contributed by atoms with Crippen molar-refractivity contribution in [2.75, 3.05) is 0 Å². The standard InChI is InChI=1S/C35H25N5O8S3/c1-18-10-12-26(19(2)14-18)38-40-31-30(51(46,47)48)16-25-24(33(31)42)11-13-27-34(25)49-35(36-27)20-6-5-7-21(15-20)37-39-28-17-29(50(43,44)45)22-8-3-4-9-23(22)32(28)41/h3-17,41-42H,1-2H3,(H,43,44,45)(H,46,47,48). The zero-order valence-corrected chi connectivity index (χ0v) is 29.0. The maximum absolute atomic E-state index is 12.5. The van der Waals surface area contributed by atoms with E-state index in [1.807, 2.05) is 26.0 Å². The third-order valence-electron chi connectivity index (χ3n) is 8.07. The molecule has 7 rings (SSSR count). The SMILES string of the molecule is Cc1ccc(N=Nc2c(S(=O)(=O)O)cc3c(ccc4nc(-c5cccc(N=Nc6cc(S(=O)(=O)O)c7ccccc7c6O)c5)sc43)c2O)c(C)c1. The Hall–Kier alpha value is -5.65. The van der Waals surface area contributed by atoms with Crippen molar-refractivity contribution in [3.8, 4) is 22.1 Å². The molecular formula is C35H25N5O8S3. The van der Waals surface area contributed by atoms with Crippen molar-refractivity contribution in [3.05, 3.63) is 102 Å². The molecule has 0 saturated heterocycles. The molecule has 0 radical (unpaired) electrons. The van der Waals surface area contributed by atoms with Gasteiger partial charge in [0.05, 0.1) is 21.6 Å². The van der Waals surface area contributed by atoms with E-state index in [-0.39, 0.29) is 27.6 Å². The van der Waals surface area contributed by atoms with Crippen LogP contribution in [0.3, 0.4) is 0 Å². The predicted molar refractivity (Wildman–Crippen MR) is 194 cm³/mol. The van der Waals surface area contributed by atoms with E-state index in [1.165, 1.54) is 29.5 Å². The molecule has 0 spiro atoms. The number of aromatic nitrogens is 1. The first-order valence-electron chi connectivity index (χ1n) is 15.0. The minimum Gasteiger partial charge on any atom is -0.505 e. The van der Waals surface area contributed by atoms with Crippen molar-refractivity contribution < 1.29 is 36.2 Å². The molecule has 1 aromatic heterocycles. The average molecular weight is 740 g/mol. The first-order chi connectivity index (χ1) is 24.2. The van der Waals surface area contributed by atoms with E-state index >= 15 is 0 Å². The van der Waals surface area contributed by atoms with Crippen molar-refractivity contribution in [1.82, 2.24) is 4.98 Å². The van der Waals surface area contributed by atoms with Gasteiger partial charge in [-0.2, -0.15) is 27.1 Å². The number of aryl methyl sites for hydroxylation is 2. The fourth-order valence-electron chi connectivity index (χ4n) is 5.66. The van der Waals surface area contributed by atoms with Crippen LogP contribution >= 0.6 is 11.3 Å². The van der Waals surface area contributed by atoms with Gasteiger partial charge in [0.1, 0.15) is 26.2 Å². The molecule has 4 N–H and O–H groups in total. The molecule has 1 heterocycles. The molecule has 7 aromatic rings. The van der Waals surface area contributed by atoms with Gasteiger partial charge in [-0.1, -0.05) is 54.1 Å². The summed E-state index contributed by atoms with van der Waals surface area (Å²) in [5.74, 6) is -0.805. The van der Waals surface area contributed by atoms with Gasteiger partial charge >= 0.3 is 0 Å². The summed E-state index contributed by atoms with van der Waals surface area (Å²) in [5, 5.41) is 39.9. The molecule has 0 aliphatic rings. The second-order valence-electron chi connectivity index (χ2n) is 11.6. The van der Waals surface area contributed by atoms with Gasteiger partial charge in [-0.15, -0.1) is 21.6 Å². The van der Waals surface area contributed by atoms with Gasteiger partial charge in [0, 0.05) is 27.1 Å². The average Bonchev–Trinajstić information content (AvgIpc) is 3.53. The minimum absolute atomic E-state index is 0.122. The van der Waals surface area contributed by atoms with Crippen LogP contribution in [0.1, 0.15) is 11.1 Å². The Balaban J connectivity index is 1.29. The molecule has 256 valence electrons. The minimum atomic E-state index is -4.86. The largest absolute Gasteiger partial charge is 0.505 e. The number of fused-ring (bicyclic) bond motifs is 4. The maximum Gasteiger partial charge on any atom is 0.296 e. The Labute approximate surface area is 294 Å². The molecule has 0 unspecified atom stereocenters. The number of hydrogen-bond donors (Lipinski definition) is 4. The number of rotatable bonds is 7. The Bertz CT molecular complexity index is 2870. The normalized spacial score (nSPS) is 12.6. The second-order valence-corrected chi connectivity index (χ2v) is 15.4. The van der Waals surface area contributed by atoms with E-state index in [0.717, 1.165) is 17.2 Å². The lowest BCUT2D eigenvalue weighted by Crippen LogP contribution is -1.99. The summed E-state index contributed by atoms with van der Waals surface area (Å²) in [5.41, 5.74) is 3.06. The van der Waals surface area contributed by atoms with Crippen LogP contribution < -0.4 is 0 Å². The first-order valence-corrected chi connectivity index (χ1v) is 18.7. The van der Waals surface area contributed by atoms with Crippen molar-refractivity contribution in [2.45, 2.75) is 23.6 Å². The highest BCUT2D eigenvalue weighted by Gasteiger charge is 2.24. The quantitative estimate of drug-likeness (QED) is 0.0903. The Morgan fingerprint density at radius 2 is 1.33 bits per heavy atom. The van der Waals surface area contributed by atoms with E-state index in [2.05, 4.69) is 20.5 Å². The molecule has 13 nitrogen and oxygen atoms in total. The van der Waals surface area contributed by atoms with Crippen LogP contribution in [-0.4, -0.2) is 41.1 Å². The number of thiazole rings is 1. The van der Waals surface area contributed by atoms with E-state index in [9.17, 15) is 36.2 Å². The molecule has 0 saturated carbocycles.